The Balaban J connectivity index is 0.000000324. The summed E-state index contributed by atoms with van der Waals surface area (Å²) in [5, 5.41) is 0. The molecule has 0 N–H and O–H groups in total. The molecule has 0 fully saturated rings. The summed E-state index contributed by atoms with van der Waals surface area (Å²) >= 11 is 0. The van der Waals surface area contributed by atoms with E-state index in [0.29, 0.717) is 0 Å². The molecule has 2 rings (SSSR count). The van der Waals surface area contributed by atoms with Gasteiger partial charge in [0.15, 0.2) is 0 Å². The van der Waals surface area contributed by atoms with Crippen LogP contribution in [0.3, 0.4) is 0 Å². The molecule has 0 saturated heterocycles. The molecule has 0 nitrogen and oxygen atoms in total. The van der Waals surface area contributed by atoms with Gasteiger partial charge in [0.25, 0.3) is 0 Å². The Morgan fingerprint density at radius 3 is 0.895 bits per heavy atom. The van der Waals surface area contributed by atoms with Crippen LogP contribution in [-0.2, 0) is 21.1 Å². The molecule has 0 atom stereocenters. The normalized spacial score (nSPS) is 9.16. The van der Waals surface area contributed by atoms with Crippen molar-refractivity contribution in [3.63, 3.8) is 0 Å². The van der Waals surface area contributed by atoms with Gasteiger partial charge in [-0.25, -0.2) is 0 Å². The number of hydrogen-bond acceptors (Lipinski definition) is 0. The molecule has 0 radical (unpaired) electrons. The summed E-state index contributed by atoms with van der Waals surface area (Å²) in [7, 11) is 0. The second kappa shape index (κ2) is 8.33. The number of hydrogen-bond donors (Lipinski definition) is 0. The SMILES string of the molecule is Cc1[c-]c(C)cc(C)c1.Cc1[c-]c(C)cc(C)c1.[Pt+2]. The second-order valence-electron chi connectivity index (χ2n) is 5.05. The number of benzene rings is 2. The van der Waals surface area contributed by atoms with Crippen molar-refractivity contribution in [1.82, 2.24) is 0 Å². The van der Waals surface area contributed by atoms with Gasteiger partial charge in [-0.05, 0) is 0 Å². The van der Waals surface area contributed by atoms with Gasteiger partial charge in [-0.3, -0.25) is 0 Å². The smallest absolute Gasteiger partial charge is 0.177 e. The van der Waals surface area contributed by atoms with Crippen LogP contribution in [0.15, 0.2) is 24.3 Å². The molecular weight excluding hydrogens is 411 g/mol. The van der Waals surface area contributed by atoms with Crippen LogP contribution in [0.1, 0.15) is 33.4 Å². The fraction of sp³-hybridized carbons (Fsp3) is 0.333. The molecule has 2 aromatic rings. The maximum Gasteiger partial charge on any atom is 2.00 e. The Morgan fingerprint density at radius 2 is 0.737 bits per heavy atom. The van der Waals surface area contributed by atoms with Crippen LogP contribution in [-0.4, -0.2) is 0 Å². The summed E-state index contributed by atoms with van der Waals surface area (Å²) in [4.78, 5) is 0. The minimum Gasteiger partial charge on any atom is -0.177 e. The Labute approximate surface area is 132 Å². The van der Waals surface area contributed by atoms with Crippen molar-refractivity contribution < 1.29 is 21.1 Å². The third-order valence-electron chi connectivity index (χ3n) is 2.57. The first-order valence-corrected chi connectivity index (χ1v) is 6.31. The van der Waals surface area contributed by atoms with Crippen LogP contribution >= 0.6 is 0 Å². The van der Waals surface area contributed by atoms with Gasteiger partial charge < -0.3 is 0 Å². The minimum absolute atomic E-state index is 0. The Morgan fingerprint density at radius 1 is 0.526 bits per heavy atom. The molecule has 0 amide bonds. The van der Waals surface area contributed by atoms with E-state index in [1.807, 2.05) is 0 Å². The first kappa shape index (κ1) is 18.1. The summed E-state index contributed by atoms with van der Waals surface area (Å²) in [5.41, 5.74) is 7.56. The van der Waals surface area contributed by atoms with Gasteiger partial charge in [0.05, 0.1) is 0 Å². The Bertz CT molecular complexity index is 377. The topological polar surface area (TPSA) is 0 Å². The summed E-state index contributed by atoms with van der Waals surface area (Å²) in [6.45, 7) is 12.5. The van der Waals surface area contributed by atoms with E-state index in [2.05, 4.69) is 77.9 Å². The number of rotatable bonds is 0. The van der Waals surface area contributed by atoms with Crippen LogP contribution in [0.4, 0.5) is 0 Å². The summed E-state index contributed by atoms with van der Waals surface area (Å²) in [6.07, 6.45) is 0. The quantitative estimate of drug-likeness (QED) is 0.523. The summed E-state index contributed by atoms with van der Waals surface area (Å²) < 4.78 is 0. The zero-order valence-electron chi connectivity index (χ0n) is 12.6. The zero-order chi connectivity index (χ0) is 13.7. The fourth-order valence-electron chi connectivity index (χ4n) is 2.22. The predicted octanol–water partition coefficient (Wildman–Crippen LogP) is 4.82. The standard InChI is InChI=1S/2C9H11.Pt/c2*1-7-4-8(2)6-9(3)5-7;/h2*4-5H,1-3H3;/q2*-1;+2. The van der Waals surface area contributed by atoms with Crippen LogP contribution in [0.2, 0.25) is 0 Å². The van der Waals surface area contributed by atoms with Crippen LogP contribution in [0.25, 0.3) is 0 Å². The van der Waals surface area contributed by atoms with Crippen LogP contribution in [0.5, 0.6) is 0 Å². The van der Waals surface area contributed by atoms with E-state index in [1.165, 1.54) is 33.4 Å². The zero-order valence-corrected chi connectivity index (χ0v) is 14.9. The molecule has 0 spiro atoms. The third kappa shape index (κ3) is 7.33. The average Bonchev–Trinajstić information content (AvgIpc) is 2.12. The molecule has 19 heavy (non-hydrogen) atoms. The maximum absolute atomic E-state index is 3.21. The van der Waals surface area contributed by atoms with Gasteiger partial charge in [0, 0.05) is 0 Å². The Kier molecular flexibility index (Phi) is 7.95. The largest absolute Gasteiger partial charge is 2.00 e. The fourth-order valence-corrected chi connectivity index (χ4v) is 2.22. The van der Waals surface area contributed by atoms with Crippen molar-refractivity contribution in [2.75, 3.05) is 0 Å². The molecule has 1 heteroatoms. The Hall–Kier alpha value is -0.872. The van der Waals surface area contributed by atoms with E-state index < -0.39 is 0 Å². The van der Waals surface area contributed by atoms with Crippen molar-refractivity contribution in [2.24, 2.45) is 0 Å². The van der Waals surface area contributed by atoms with Gasteiger partial charge in [-0.2, -0.15) is 69.8 Å². The van der Waals surface area contributed by atoms with Gasteiger partial charge in [0.2, 0.25) is 0 Å². The molecule has 0 heterocycles. The van der Waals surface area contributed by atoms with Crippen molar-refractivity contribution in [3.05, 3.63) is 69.8 Å². The van der Waals surface area contributed by atoms with Gasteiger partial charge in [0.1, 0.15) is 0 Å². The van der Waals surface area contributed by atoms with E-state index in [1.54, 1.807) is 0 Å². The maximum atomic E-state index is 3.21. The summed E-state index contributed by atoms with van der Waals surface area (Å²) in [6, 6.07) is 14.9. The minimum atomic E-state index is 0. The van der Waals surface area contributed by atoms with Gasteiger partial charge in [-0.15, -0.1) is 0 Å². The predicted molar refractivity (Wildman–Crippen MR) is 79.0 cm³/mol. The molecule has 0 aromatic heterocycles. The first-order chi connectivity index (χ1) is 8.36. The molecule has 0 aliphatic rings. The molecular formula is C18H22Pt. The molecule has 0 aliphatic carbocycles. The molecule has 104 valence electrons. The average molecular weight is 433 g/mol. The van der Waals surface area contributed by atoms with Gasteiger partial charge in [-0.1, -0.05) is 41.5 Å². The molecule has 0 aliphatic heterocycles. The monoisotopic (exact) mass is 433 g/mol. The van der Waals surface area contributed by atoms with Gasteiger partial charge >= 0.3 is 21.1 Å². The van der Waals surface area contributed by atoms with Crippen molar-refractivity contribution in [2.45, 2.75) is 41.5 Å². The van der Waals surface area contributed by atoms with E-state index in [-0.39, 0.29) is 21.1 Å². The molecule has 0 bridgehead atoms. The first-order valence-electron chi connectivity index (χ1n) is 6.31. The molecule has 0 unspecified atom stereocenters. The van der Waals surface area contributed by atoms with E-state index in [4.69, 9.17) is 0 Å². The summed E-state index contributed by atoms with van der Waals surface area (Å²) in [5.74, 6) is 0. The van der Waals surface area contributed by atoms with Crippen molar-refractivity contribution in [1.29, 1.82) is 0 Å². The third-order valence-corrected chi connectivity index (χ3v) is 2.57. The van der Waals surface area contributed by atoms with E-state index >= 15 is 0 Å². The van der Waals surface area contributed by atoms with Crippen molar-refractivity contribution in [3.8, 4) is 0 Å². The molecule has 2 aromatic carbocycles. The molecule has 0 saturated carbocycles. The van der Waals surface area contributed by atoms with Crippen molar-refractivity contribution >= 4 is 0 Å². The van der Waals surface area contributed by atoms with Crippen LogP contribution in [0, 0.1) is 53.7 Å². The van der Waals surface area contributed by atoms with E-state index in [9.17, 15) is 0 Å². The number of aryl methyl sites for hydroxylation is 6. The van der Waals surface area contributed by atoms with Crippen LogP contribution < -0.4 is 0 Å². The van der Waals surface area contributed by atoms with E-state index in [0.717, 1.165) is 0 Å². The second-order valence-corrected chi connectivity index (χ2v) is 5.05.